The van der Waals surface area contributed by atoms with E-state index in [4.69, 9.17) is 9.47 Å². The van der Waals surface area contributed by atoms with Crippen LogP contribution >= 0.6 is 0 Å². The molecule has 0 saturated heterocycles. The summed E-state index contributed by atoms with van der Waals surface area (Å²) in [5.41, 5.74) is -0.230. The third kappa shape index (κ3) is 5.00. The Hall–Kier alpha value is -2.50. The zero-order valence-electron chi connectivity index (χ0n) is 14.6. The van der Waals surface area contributed by atoms with Crippen LogP contribution in [0.1, 0.15) is 32.6 Å². The Morgan fingerprint density at radius 2 is 1.69 bits per heavy atom. The highest BCUT2D eigenvalue weighted by molar-refractivity contribution is 5.66. The summed E-state index contributed by atoms with van der Waals surface area (Å²) in [6.45, 7) is 2.25. The van der Waals surface area contributed by atoms with E-state index >= 15 is 0 Å². The molecule has 3 nitrogen and oxygen atoms in total. The van der Waals surface area contributed by atoms with Gasteiger partial charge in [0.15, 0.2) is 11.6 Å². The normalized spacial score (nSPS) is 10.6. The largest absolute Gasteiger partial charge is 0.493 e. The van der Waals surface area contributed by atoms with Crippen molar-refractivity contribution in [2.24, 2.45) is 0 Å². The Morgan fingerprint density at radius 3 is 2.38 bits per heavy atom. The van der Waals surface area contributed by atoms with Crippen molar-refractivity contribution in [3.05, 3.63) is 47.8 Å². The lowest BCUT2D eigenvalue weighted by Crippen LogP contribution is -2.00. The topological polar surface area (TPSA) is 35.5 Å². The van der Waals surface area contributed by atoms with Gasteiger partial charge in [0.05, 0.1) is 13.2 Å². The van der Waals surface area contributed by atoms with Gasteiger partial charge < -0.3 is 14.3 Å². The third-order valence-corrected chi connectivity index (χ3v) is 3.81. The molecule has 0 fully saturated rings. The van der Waals surface area contributed by atoms with Gasteiger partial charge in [-0.05, 0) is 50.5 Å². The number of hydrogen-bond donors (Lipinski definition) is 0. The second-order valence-electron chi connectivity index (χ2n) is 5.68. The van der Waals surface area contributed by atoms with Crippen molar-refractivity contribution < 1.29 is 27.4 Å². The van der Waals surface area contributed by atoms with Crippen molar-refractivity contribution in [1.82, 2.24) is 0 Å². The molecule has 0 radical (unpaired) electrons. The van der Waals surface area contributed by atoms with E-state index < -0.39 is 17.5 Å². The molecule has 0 atom stereocenters. The van der Waals surface area contributed by atoms with Crippen molar-refractivity contribution >= 4 is 6.29 Å². The maximum atomic E-state index is 14.3. The van der Waals surface area contributed by atoms with E-state index in [1.807, 2.05) is 0 Å². The summed E-state index contributed by atoms with van der Waals surface area (Å²) < 4.78 is 53.0. The minimum atomic E-state index is -1.15. The summed E-state index contributed by atoms with van der Waals surface area (Å²) in [5.74, 6) is -2.89. The molecule has 0 bridgehead atoms. The highest BCUT2D eigenvalue weighted by Crippen LogP contribution is 2.32. The Labute approximate surface area is 150 Å². The highest BCUT2D eigenvalue weighted by Gasteiger charge is 2.18. The molecule has 0 N–H and O–H groups in total. The first-order valence-corrected chi connectivity index (χ1v) is 8.55. The van der Waals surface area contributed by atoms with Gasteiger partial charge in [-0.1, -0.05) is 0 Å². The van der Waals surface area contributed by atoms with Gasteiger partial charge >= 0.3 is 0 Å². The molecule has 0 unspecified atom stereocenters. The zero-order valence-corrected chi connectivity index (χ0v) is 14.6. The minimum absolute atomic E-state index is 0.0530. The maximum absolute atomic E-state index is 14.3. The maximum Gasteiger partial charge on any atom is 0.201 e. The van der Waals surface area contributed by atoms with Crippen molar-refractivity contribution in [2.45, 2.75) is 32.6 Å². The lowest BCUT2D eigenvalue weighted by Gasteiger charge is -2.11. The van der Waals surface area contributed by atoms with Gasteiger partial charge in [0.1, 0.15) is 17.9 Å². The van der Waals surface area contributed by atoms with Gasteiger partial charge in [0.25, 0.3) is 0 Å². The van der Waals surface area contributed by atoms with Crippen molar-refractivity contribution in [1.29, 1.82) is 0 Å². The molecular formula is C20H21F3O3. The van der Waals surface area contributed by atoms with Gasteiger partial charge in [-0.2, -0.15) is 4.39 Å². The molecule has 2 aromatic carbocycles. The second-order valence-corrected chi connectivity index (χ2v) is 5.68. The Bertz CT molecular complexity index is 747. The Balaban J connectivity index is 2.07. The molecule has 140 valence electrons. The summed E-state index contributed by atoms with van der Waals surface area (Å²) in [7, 11) is 0. The molecule has 0 aliphatic rings. The fourth-order valence-electron chi connectivity index (χ4n) is 2.51. The summed E-state index contributed by atoms with van der Waals surface area (Å²) in [6, 6.07) is 6.58. The number of carbonyl (C=O) groups is 1. The van der Waals surface area contributed by atoms with E-state index in [-0.39, 0.29) is 23.5 Å². The van der Waals surface area contributed by atoms with Crippen LogP contribution in [0.25, 0.3) is 11.1 Å². The van der Waals surface area contributed by atoms with Crippen molar-refractivity contribution in [2.75, 3.05) is 13.2 Å². The number of halogens is 3. The fraction of sp³-hybridized carbons (Fsp3) is 0.350. The molecule has 0 heterocycles. The van der Waals surface area contributed by atoms with Crippen molar-refractivity contribution in [3.8, 4) is 22.6 Å². The van der Waals surface area contributed by atoms with Crippen LogP contribution in [-0.4, -0.2) is 19.5 Å². The molecule has 26 heavy (non-hydrogen) atoms. The third-order valence-electron chi connectivity index (χ3n) is 3.81. The smallest absolute Gasteiger partial charge is 0.201 e. The van der Waals surface area contributed by atoms with Gasteiger partial charge in [0, 0.05) is 23.6 Å². The highest BCUT2D eigenvalue weighted by atomic mass is 19.2. The van der Waals surface area contributed by atoms with Crippen LogP contribution in [0.4, 0.5) is 13.2 Å². The van der Waals surface area contributed by atoms with Crippen LogP contribution in [-0.2, 0) is 4.79 Å². The molecule has 2 rings (SSSR count). The summed E-state index contributed by atoms with van der Waals surface area (Å²) >= 11 is 0. The van der Waals surface area contributed by atoms with Crippen LogP contribution in [0.5, 0.6) is 11.5 Å². The Morgan fingerprint density at radius 1 is 0.923 bits per heavy atom. The predicted octanol–water partition coefficient (Wildman–Crippen LogP) is 5.31. The van der Waals surface area contributed by atoms with Crippen LogP contribution < -0.4 is 9.47 Å². The average molecular weight is 366 g/mol. The first-order chi connectivity index (χ1) is 12.6. The van der Waals surface area contributed by atoms with Crippen LogP contribution in [0.2, 0.25) is 0 Å². The van der Waals surface area contributed by atoms with E-state index in [1.54, 1.807) is 6.92 Å². The predicted molar refractivity (Wildman–Crippen MR) is 92.9 cm³/mol. The average Bonchev–Trinajstić information content (AvgIpc) is 2.63. The summed E-state index contributed by atoms with van der Waals surface area (Å²) in [4.78, 5) is 10.2. The summed E-state index contributed by atoms with van der Waals surface area (Å²) in [6.07, 6.45) is 3.78. The first-order valence-electron chi connectivity index (χ1n) is 8.55. The van der Waals surface area contributed by atoms with Gasteiger partial charge in [0.2, 0.25) is 5.82 Å². The van der Waals surface area contributed by atoms with E-state index in [0.717, 1.165) is 31.6 Å². The number of aldehydes is 1. The number of carbonyl (C=O) groups excluding carboxylic acids is 1. The van der Waals surface area contributed by atoms with Gasteiger partial charge in [-0.15, -0.1) is 0 Å². The molecule has 0 saturated carbocycles. The molecule has 0 aromatic heterocycles. The second kappa shape index (κ2) is 9.85. The monoisotopic (exact) mass is 366 g/mol. The van der Waals surface area contributed by atoms with Crippen LogP contribution in [0, 0.1) is 17.5 Å². The molecule has 0 aliphatic carbocycles. The standard InChI is InChI=1S/C20H21F3O3/c1-2-25-18-10-9-16(19(22)20(18)23)15-8-7-14(13-17(15)21)26-12-6-4-3-5-11-24/h7-11,13H,2-6,12H2,1H3. The first kappa shape index (κ1) is 19.8. The molecule has 6 heteroatoms. The van der Waals surface area contributed by atoms with E-state index in [1.165, 1.54) is 24.3 Å². The number of benzene rings is 2. The molecule has 0 amide bonds. The number of unbranched alkanes of at least 4 members (excludes halogenated alkanes) is 3. The van der Waals surface area contributed by atoms with E-state index in [9.17, 15) is 18.0 Å². The SMILES string of the molecule is CCOc1ccc(-c2ccc(OCCCCCC=O)cc2F)c(F)c1F. The molecule has 2 aromatic rings. The lowest BCUT2D eigenvalue weighted by molar-refractivity contribution is -0.107. The Kier molecular flexibility index (Phi) is 7.51. The number of ether oxygens (including phenoxy) is 2. The van der Waals surface area contributed by atoms with Crippen LogP contribution in [0.15, 0.2) is 30.3 Å². The minimum Gasteiger partial charge on any atom is -0.493 e. The number of rotatable bonds is 10. The van der Waals surface area contributed by atoms with Crippen LogP contribution in [0.3, 0.4) is 0 Å². The zero-order chi connectivity index (χ0) is 18.9. The molecule has 0 spiro atoms. The van der Waals surface area contributed by atoms with Gasteiger partial charge in [-0.25, -0.2) is 8.78 Å². The lowest BCUT2D eigenvalue weighted by atomic mass is 10.0. The van der Waals surface area contributed by atoms with E-state index in [0.29, 0.717) is 18.8 Å². The number of hydrogen-bond acceptors (Lipinski definition) is 3. The molecular weight excluding hydrogens is 345 g/mol. The van der Waals surface area contributed by atoms with Crippen molar-refractivity contribution in [3.63, 3.8) is 0 Å². The van der Waals surface area contributed by atoms with Gasteiger partial charge in [-0.3, -0.25) is 0 Å². The molecule has 0 aliphatic heterocycles. The van der Waals surface area contributed by atoms with E-state index in [2.05, 4.69) is 0 Å². The fourth-order valence-corrected chi connectivity index (χ4v) is 2.51. The quantitative estimate of drug-likeness (QED) is 0.422. The summed E-state index contributed by atoms with van der Waals surface area (Å²) in [5, 5.41) is 0.